The van der Waals surface area contributed by atoms with Gasteiger partial charge in [-0.2, -0.15) is 0 Å². The molecule has 0 aromatic carbocycles. The Labute approximate surface area is 71.2 Å². The zero-order chi connectivity index (χ0) is 8.55. The van der Waals surface area contributed by atoms with Gasteiger partial charge in [0.1, 0.15) is 0 Å². The van der Waals surface area contributed by atoms with Gasteiger partial charge in [-0.25, -0.2) is 0 Å². The first-order chi connectivity index (χ1) is 5.77. The van der Waals surface area contributed by atoms with Gasteiger partial charge in [0.15, 0.2) is 5.78 Å². The first kappa shape index (κ1) is 7.55. The standard InChI is InChI=1S/C9H12N2O/c1-6(12)9-4-7-5-10-3-2-8(7)11-9/h4,10-11H,2-3,5H2,1H3. The zero-order valence-electron chi connectivity index (χ0n) is 7.11. The highest BCUT2D eigenvalue weighted by atomic mass is 16.1. The average Bonchev–Trinajstić information content (AvgIpc) is 2.46. The number of ketones is 1. The number of aromatic amines is 1. The summed E-state index contributed by atoms with van der Waals surface area (Å²) in [5, 5.41) is 3.26. The van der Waals surface area contributed by atoms with Crippen LogP contribution in [-0.2, 0) is 13.0 Å². The maximum atomic E-state index is 11.0. The Kier molecular flexibility index (Phi) is 1.73. The van der Waals surface area contributed by atoms with Gasteiger partial charge < -0.3 is 10.3 Å². The minimum atomic E-state index is 0.115. The number of rotatable bonds is 1. The highest BCUT2D eigenvalue weighted by Gasteiger charge is 2.13. The molecular weight excluding hydrogens is 152 g/mol. The van der Waals surface area contributed by atoms with Crippen LogP contribution in [0.5, 0.6) is 0 Å². The summed E-state index contributed by atoms with van der Waals surface area (Å²) in [5.41, 5.74) is 3.20. The van der Waals surface area contributed by atoms with Gasteiger partial charge >= 0.3 is 0 Å². The monoisotopic (exact) mass is 164 g/mol. The highest BCUT2D eigenvalue weighted by molar-refractivity contribution is 5.92. The first-order valence-corrected chi connectivity index (χ1v) is 4.20. The molecule has 0 fully saturated rings. The summed E-state index contributed by atoms with van der Waals surface area (Å²) in [6.07, 6.45) is 1.00. The molecule has 1 aliphatic heterocycles. The molecule has 2 N–H and O–H groups in total. The predicted molar refractivity (Wildman–Crippen MR) is 46.2 cm³/mol. The molecule has 1 aromatic heterocycles. The van der Waals surface area contributed by atoms with E-state index >= 15 is 0 Å². The van der Waals surface area contributed by atoms with E-state index in [9.17, 15) is 4.79 Å². The lowest BCUT2D eigenvalue weighted by Crippen LogP contribution is -2.22. The molecule has 0 saturated carbocycles. The highest BCUT2D eigenvalue weighted by Crippen LogP contribution is 2.14. The summed E-state index contributed by atoms with van der Waals surface area (Å²) in [6.45, 7) is 3.48. The van der Waals surface area contributed by atoms with Crippen molar-refractivity contribution in [3.05, 3.63) is 23.0 Å². The van der Waals surface area contributed by atoms with Gasteiger partial charge in [-0.15, -0.1) is 0 Å². The van der Waals surface area contributed by atoms with E-state index in [2.05, 4.69) is 10.3 Å². The maximum Gasteiger partial charge on any atom is 0.175 e. The van der Waals surface area contributed by atoms with Crippen molar-refractivity contribution in [2.75, 3.05) is 6.54 Å². The topological polar surface area (TPSA) is 44.9 Å². The number of hydrogen-bond acceptors (Lipinski definition) is 2. The average molecular weight is 164 g/mol. The minimum absolute atomic E-state index is 0.115. The normalized spacial score (nSPS) is 15.8. The molecule has 2 heterocycles. The van der Waals surface area contributed by atoms with Crippen LogP contribution in [0.25, 0.3) is 0 Å². The minimum Gasteiger partial charge on any atom is -0.356 e. The van der Waals surface area contributed by atoms with Crippen LogP contribution in [0.1, 0.15) is 28.7 Å². The van der Waals surface area contributed by atoms with Gasteiger partial charge in [0, 0.05) is 32.1 Å². The number of fused-ring (bicyclic) bond motifs is 1. The van der Waals surface area contributed by atoms with Gasteiger partial charge in [-0.1, -0.05) is 0 Å². The SMILES string of the molecule is CC(=O)c1cc2c([nH]1)CCNC2. The summed E-state index contributed by atoms with van der Waals surface area (Å²) < 4.78 is 0. The van der Waals surface area contributed by atoms with Gasteiger partial charge in [-0.3, -0.25) is 4.79 Å². The summed E-state index contributed by atoms with van der Waals surface area (Å²) >= 11 is 0. The van der Waals surface area contributed by atoms with Crippen molar-refractivity contribution in [3.63, 3.8) is 0 Å². The molecule has 3 nitrogen and oxygen atoms in total. The molecule has 0 unspecified atom stereocenters. The summed E-state index contributed by atoms with van der Waals surface area (Å²) in [6, 6.07) is 1.95. The number of aromatic nitrogens is 1. The summed E-state index contributed by atoms with van der Waals surface area (Å²) in [5.74, 6) is 0.115. The number of nitrogens with one attached hydrogen (secondary N) is 2. The van der Waals surface area contributed by atoms with Crippen molar-refractivity contribution in [2.24, 2.45) is 0 Å². The molecule has 64 valence electrons. The molecule has 0 amide bonds. The lowest BCUT2D eigenvalue weighted by Gasteiger charge is -2.11. The lowest BCUT2D eigenvalue weighted by molar-refractivity contribution is 0.101. The van der Waals surface area contributed by atoms with Gasteiger partial charge in [-0.05, 0) is 11.6 Å². The third kappa shape index (κ3) is 1.16. The fourth-order valence-electron chi connectivity index (χ4n) is 1.55. The molecular formula is C9H12N2O. The molecule has 3 heteroatoms. The van der Waals surface area contributed by atoms with E-state index in [-0.39, 0.29) is 5.78 Å². The maximum absolute atomic E-state index is 11.0. The predicted octanol–water partition coefficient (Wildman–Crippen LogP) is 0.863. The van der Waals surface area contributed by atoms with Crippen LogP contribution in [0, 0.1) is 0 Å². The second-order valence-corrected chi connectivity index (χ2v) is 3.17. The van der Waals surface area contributed by atoms with Crippen LogP contribution in [-0.4, -0.2) is 17.3 Å². The Morgan fingerprint density at radius 1 is 1.58 bits per heavy atom. The second-order valence-electron chi connectivity index (χ2n) is 3.17. The number of hydrogen-bond donors (Lipinski definition) is 2. The van der Waals surface area contributed by atoms with E-state index in [0.29, 0.717) is 0 Å². The smallest absolute Gasteiger partial charge is 0.175 e. The van der Waals surface area contributed by atoms with Crippen molar-refractivity contribution in [2.45, 2.75) is 19.9 Å². The molecule has 1 aliphatic rings. The fraction of sp³-hybridized carbons (Fsp3) is 0.444. The molecule has 0 saturated heterocycles. The van der Waals surface area contributed by atoms with Crippen molar-refractivity contribution in [1.29, 1.82) is 0 Å². The van der Waals surface area contributed by atoms with E-state index < -0.39 is 0 Å². The molecule has 0 aliphatic carbocycles. The second kappa shape index (κ2) is 2.75. The van der Waals surface area contributed by atoms with Crippen LogP contribution in [0.2, 0.25) is 0 Å². The Morgan fingerprint density at radius 2 is 2.42 bits per heavy atom. The Balaban J connectivity index is 2.38. The van der Waals surface area contributed by atoms with Crippen molar-refractivity contribution >= 4 is 5.78 Å². The van der Waals surface area contributed by atoms with Gasteiger partial charge in [0.25, 0.3) is 0 Å². The van der Waals surface area contributed by atoms with Crippen LogP contribution in [0.15, 0.2) is 6.07 Å². The number of carbonyl (C=O) groups excluding carboxylic acids is 1. The van der Waals surface area contributed by atoms with E-state index in [1.165, 1.54) is 11.3 Å². The Morgan fingerprint density at radius 3 is 3.08 bits per heavy atom. The molecule has 12 heavy (non-hydrogen) atoms. The molecule has 2 rings (SSSR count). The lowest BCUT2D eigenvalue weighted by atomic mass is 10.1. The van der Waals surface area contributed by atoms with Crippen molar-refractivity contribution in [3.8, 4) is 0 Å². The van der Waals surface area contributed by atoms with Gasteiger partial charge in [0.05, 0.1) is 5.69 Å². The summed E-state index contributed by atoms with van der Waals surface area (Å²) in [7, 11) is 0. The van der Waals surface area contributed by atoms with E-state index in [1.807, 2.05) is 6.07 Å². The number of Topliss-reactive ketones (excluding diaryl/α,β-unsaturated/α-hetero) is 1. The van der Waals surface area contributed by atoms with E-state index in [1.54, 1.807) is 6.92 Å². The molecule has 0 spiro atoms. The van der Waals surface area contributed by atoms with Gasteiger partial charge in [0.2, 0.25) is 0 Å². The quantitative estimate of drug-likeness (QED) is 0.605. The van der Waals surface area contributed by atoms with E-state index in [0.717, 1.165) is 25.2 Å². The van der Waals surface area contributed by atoms with E-state index in [4.69, 9.17) is 0 Å². The van der Waals surface area contributed by atoms with Crippen molar-refractivity contribution < 1.29 is 4.79 Å². The largest absolute Gasteiger partial charge is 0.356 e. The van der Waals surface area contributed by atoms with Crippen LogP contribution >= 0.6 is 0 Å². The zero-order valence-corrected chi connectivity index (χ0v) is 7.11. The van der Waals surface area contributed by atoms with Crippen LogP contribution < -0.4 is 5.32 Å². The van der Waals surface area contributed by atoms with Crippen LogP contribution in [0.4, 0.5) is 0 Å². The Hall–Kier alpha value is -1.09. The first-order valence-electron chi connectivity index (χ1n) is 4.20. The third-order valence-corrected chi connectivity index (χ3v) is 2.24. The Bertz CT molecular complexity index is 291. The third-order valence-electron chi connectivity index (χ3n) is 2.24. The molecule has 0 radical (unpaired) electrons. The summed E-state index contributed by atoms with van der Waals surface area (Å²) in [4.78, 5) is 14.2. The van der Waals surface area contributed by atoms with Crippen LogP contribution in [0.3, 0.4) is 0 Å². The molecule has 0 atom stereocenters. The number of H-pyrrole nitrogens is 1. The number of carbonyl (C=O) groups is 1. The molecule has 0 bridgehead atoms. The fourth-order valence-corrected chi connectivity index (χ4v) is 1.55. The molecule has 1 aromatic rings. The van der Waals surface area contributed by atoms with Crippen molar-refractivity contribution in [1.82, 2.24) is 10.3 Å².